The summed E-state index contributed by atoms with van der Waals surface area (Å²) in [6, 6.07) is 0. The smallest absolute Gasteiger partial charge is 0.335 e. The second-order valence-electron chi connectivity index (χ2n) is 8.05. The molecule has 0 spiro atoms. The maximum absolute atomic E-state index is 11.3. The maximum Gasteiger partial charge on any atom is 0.335 e. The van der Waals surface area contributed by atoms with E-state index in [1.165, 1.54) is 6.08 Å². The van der Waals surface area contributed by atoms with E-state index in [1.54, 1.807) is 6.08 Å². The van der Waals surface area contributed by atoms with Gasteiger partial charge in [-0.25, -0.2) is 9.59 Å². The highest BCUT2D eigenvalue weighted by molar-refractivity contribution is 5.97. The van der Waals surface area contributed by atoms with Gasteiger partial charge in [0.25, 0.3) is 0 Å². The highest BCUT2D eigenvalue weighted by atomic mass is 16.4. The van der Waals surface area contributed by atoms with Crippen LogP contribution in [-0.2, 0) is 9.59 Å². The van der Waals surface area contributed by atoms with Crippen LogP contribution in [0.1, 0.15) is 39.5 Å². The number of carbonyl (C=O) groups is 2. The molecule has 0 saturated heterocycles. The van der Waals surface area contributed by atoms with Crippen LogP contribution in [0.15, 0.2) is 36.0 Å². The number of hydrogen-bond acceptors (Lipinski definition) is 4. The summed E-state index contributed by atoms with van der Waals surface area (Å²) in [7, 11) is 0. The summed E-state index contributed by atoms with van der Waals surface area (Å²) in [5, 5.41) is 38.5. The van der Waals surface area contributed by atoms with Crippen molar-refractivity contribution in [3.63, 3.8) is 0 Å². The molecule has 26 heavy (non-hydrogen) atoms. The Kier molecular flexibility index (Phi) is 5.78. The second kappa shape index (κ2) is 7.37. The summed E-state index contributed by atoms with van der Waals surface area (Å²) in [5.74, 6) is -2.70. The van der Waals surface area contributed by atoms with E-state index in [-0.39, 0.29) is 29.4 Å². The van der Waals surface area contributed by atoms with Gasteiger partial charge in [0.05, 0.1) is 18.3 Å². The fourth-order valence-electron chi connectivity index (χ4n) is 5.01. The van der Waals surface area contributed by atoms with E-state index in [0.717, 1.165) is 24.8 Å². The normalized spacial score (nSPS) is 38.2. The average molecular weight is 364 g/mol. The zero-order valence-corrected chi connectivity index (χ0v) is 15.3. The molecule has 6 heteroatoms. The predicted octanol–water partition coefficient (Wildman–Crippen LogP) is 2.38. The SMILES string of the molecule is C=C1CCC2C(C)(CO)C(O)CCC2(C)C1C=CC(=CC(=O)O)C(=O)O. The fourth-order valence-corrected chi connectivity index (χ4v) is 5.01. The third-order valence-electron chi connectivity index (χ3n) is 6.55. The van der Waals surface area contributed by atoms with E-state index in [2.05, 4.69) is 13.5 Å². The van der Waals surface area contributed by atoms with Crippen molar-refractivity contribution in [2.24, 2.45) is 22.7 Å². The first-order valence-corrected chi connectivity index (χ1v) is 8.89. The zero-order chi connectivity index (χ0) is 19.7. The first-order valence-electron chi connectivity index (χ1n) is 8.89. The number of fused-ring (bicyclic) bond motifs is 1. The van der Waals surface area contributed by atoms with Gasteiger partial charge in [-0.2, -0.15) is 0 Å². The van der Waals surface area contributed by atoms with Crippen LogP contribution in [0.2, 0.25) is 0 Å². The predicted molar refractivity (Wildman–Crippen MR) is 96.4 cm³/mol. The van der Waals surface area contributed by atoms with Gasteiger partial charge >= 0.3 is 11.9 Å². The molecule has 0 bridgehead atoms. The van der Waals surface area contributed by atoms with Crippen LogP contribution in [0.3, 0.4) is 0 Å². The lowest BCUT2D eigenvalue weighted by atomic mass is 9.46. The highest BCUT2D eigenvalue weighted by Gasteiger charge is 2.57. The topological polar surface area (TPSA) is 115 Å². The van der Waals surface area contributed by atoms with Gasteiger partial charge in [0.1, 0.15) is 0 Å². The minimum atomic E-state index is -1.31. The number of hydrogen-bond donors (Lipinski definition) is 4. The fraction of sp³-hybridized carbons (Fsp3) is 0.600. The van der Waals surface area contributed by atoms with Gasteiger partial charge in [0, 0.05) is 17.4 Å². The van der Waals surface area contributed by atoms with Crippen LogP contribution in [0.4, 0.5) is 0 Å². The van der Waals surface area contributed by atoms with Crippen LogP contribution in [0, 0.1) is 22.7 Å². The van der Waals surface area contributed by atoms with Crippen LogP contribution in [0.5, 0.6) is 0 Å². The maximum atomic E-state index is 11.3. The molecule has 5 unspecified atom stereocenters. The number of allylic oxidation sites excluding steroid dienone is 2. The van der Waals surface area contributed by atoms with E-state index in [4.69, 9.17) is 5.11 Å². The van der Waals surface area contributed by atoms with Crippen molar-refractivity contribution in [3.05, 3.63) is 36.0 Å². The van der Waals surface area contributed by atoms with E-state index in [9.17, 15) is 24.9 Å². The molecule has 2 fully saturated rings. The number of carboxylic acids is 2. The molecule has 4 N–H and O–H groups in total. The number of aliphatic carboxylic acids is 2. The summed E-state index contributed by atoms with van der Waals surface area (Å²) in [4.78, 5) is 22.1. The minimum absolute atomic E-state index is 0.0561. The summed E-state index contributed by atoms with van der Waals surface area (Å²) >= 11 is 0. The van der Waals surface area contributed by atoms with Crippen molar-refractivity contribution in [2.45, 2.75) is 45.6 Å². The standard InChI is InChI=1S/C20H28O6/c1-12-4-7-15-19(2,9-8-16(22)20(15,3)11-21)14(12)6-5-13(18(25)26)10-17(23)24/h5-6,10,14-16,21-22H,1,4,7-9,11H2,2-3H3,(H,23,24)(H,25,26). The molecule has 5 atom stereocenters. The summed E-state index contributed by atoms with van der Waals surface area (Å²) in [6.45, 7) is 8.03. The van der Waals surface area contributed by atoms with Crippen molar-refractivity contribution in [3.8, 4) is 0 Å². The molecule has 6 nitrogen and oxygen atoms in total. The van der Waals surface area contributed by atoms with Crippen molar-refractivity contribution in [1.29, 1.82) is 0 Å². The van der Waals surface area contributed by atoms with Crippen LogP contribution in [-0.4, -0.2) is 45.1 Å². The van der Waals surface area contributed by atoms with Gasteiger partial charge in [-0.3, -0.25) is 0 Å². The third-order valence-corrected chi connectivity index (χ3v) is 6.55. The molecule has 0 amide bonds. The monoisotopic (exact) mass is 364 g/mol. The van der Waals surface area contributed by atoms with Crippen LogP contribution < -0.4 is 0 Å². The van der Waals surface area contributed by atoms with E-state index >= 15 is 0 Å². The number of carboxylic acid groups (broad SMARTS) is 2. The second-order valence-corrected chi connectivity index (χ2v) is 8.05. The quantitative estimate of drug-likeness (QED) is 0.338. The minimum Gasteiger partial charge on any atom is -0.478 e. The molecule has 0 aliphatic heterocycles. The molecule has 2 aliphatic carbocycles. The molecule has 2 aliphatic rings. The Morgan fingerprint density at radius 2 is 1.92 bits per heavy atom. The molecule has 2 saturated carbocycles. The molecule has 144 valence electrons. The van der Waals surface area contributed by atoms with Gasteiger partial charge in [-0.15, -0.1) is 0 Å². The first kappa shape index (κ1) is 20.4. The Bertz CT molecular complexity index is 663. The Morgan fingerprint density at radius 1 is 1.27 bits per heavy atom. The Hall–Kier alpha value is -1.92. The van der Waals surface area contributed by atoms with Crippen molar-refractivity contribution < 1.29 is 30.0 Å². The lowest BCUT2D eigenvalue weighted by Crippen LogP contribution is -2.57. The number of aliphatic hydroxyl groups is 2. The molecule has 0 radical (unpaired) electrons. The molecule has 0 aromatic rings. The Labute approximate surface area is 153 Å². The van der Waals surface area contributed by atoms with Gasteiger partial charge in [0.2, 0.25) is 0 Å². The van der Waals surface area contributed by atoms with E-state index in [1.807, 2.05) is 6.92 Å². The van der Waals surface area contributed by atoms with Crippen molar-refractivity contribution >= 4 is 11.9 Å². The highest BCUT2D eigenvalue weighted by Crippen LogP contribution is 2.61. The number of aliphatic hydroxyl groups excluding tert-OH is 2. The lowest BCUT2D eigenvalue weighted by Gasteiger charge is -2.59. The molecule has 0 aromatic carbocycles. The van der Waals surface area contributed by atoms with Gasteiger partial charge in [0.15, 0.2) is 0 Å². The molecular formula is C20H28O6. The zero-order valence-electron chi connectivity index (χ0n) is 15.3. The summed E-state index contributed by atoms with van der Waals surface area (Å²) in [5.41, 5.74) is -0.227. The van der Waals surface area contributed by atoms with Crippen molar-refractivity contribution in [1.82, 2.24) is 0 Å². The van der Waals surface area contributed by atoms with Gasteiger partial charge < -0.3 is 20.4 Å². The van der Waals surface area contributed by atoms with E-state index < -0.39 is 23.5 Å². The van der Waals surface area contributed by atoms with Crippen LogP contribution in [0.25, 0.3) is 0 Å². The molecule has 2 rings (SSSR count). The van der Waals surface area contributed by atoms with Crippen LogP contribution >= 0.6 is 0 Å². The van der Waals surface area contributed by atoms with Gasteiger partial charge in [-0.05, 0) is 37.0 Å². The third kappa shape index (κ3) is 3.48. The lowest BCUT2D eigenvalue weighted by molar-refractivity contribution is -0.145. The first-order chi connectivity index (χ1) is 12.1. The summed E-state index contributed by atoms with van der Waals surface area (Å²) in [6.07, 6.45) is 5.97. The molecule has 0 heterocycles. The summed E-state index contributed by atoms with van der Waals surface area (Å²) < 4.78 is 0. The molecular weight excluding hydrogens is 336 g/mol. The Morgan fingerprint density at radius 3 is 2.46 bits per heavy atom. The number of rotatable bonds is 5. The Balaban J connectivity index is 2.41. The molecule has 0 aromatic heterocycles. The van der Waals surface area contributed by atoms with Gasteiger partial charge in [-0.1, -0.05) is 38.2 Å². The largest absolute Gasteiger partial charge is 0.478 e. The van der Waals surface area contributed by atoms with E-state index in [0.29, 0.717) is 12.5 Å². The average Bonchev–Trinajstić information content (AvgIpc) is 2.56. The van der Waals surface area contributed by atoms with Crippen molar-refractivity contribution in [2.75, 3.05) is 6.61 Å².